The Hall–Kier alpha value is -5.97. The van der Waals surface area contributed by atoms with Crippen LogP contribution in [0.2, 0.25) is 0 Å². The normalized spacial score (nSPS) is 15.9. The van der Waals surface area contributed by atoms with Crippen LogP contribution in [0.25, 0.3) is 22.5 Å². The number of fused-ring (bicyclic) bond motifs is 6. The molecule has 298 valence electrons. The number of hydrogen-bond acceptors (Lipinski definition) is 11. The first-order valence-corrected chi connectivity index (χ1v) is 19.3. The molecule has 57 heavy (non-hydrogen) atoms. The van der Waals surface area contributed by atoms with E-state index in [2.05, 4.69) is 26.3 Å². The molecule has 0 aliphatic carbocycles. The Balaban J connectivity index is 0.782. The van der Waals surface area contributed by atoms with Crippen LogP contribution >= 0.6 is 0 Å². The fourth-order valence-corrected chi connectivity index (χ4v) is 7.33. The Kier molecular flexibility index (Phi) is 12.6. The molecule has 1 saturated heterocycles. The topological polar surface area (TPSA) is 186 Å². The lowest BCUT2D eigenvalue weighted by Gasteiger charge is -2.29. The van der Waals surface area contributed by atoms with Crippen molar-refractivity contribution >= 4 is 40.9 Å². The van der Waals surface area contributed by atoms with Crippen LogP contribution in [0.3, 0.4) is 0 Å². The Morgan fingerprint density at radius 1 is 0.842 bits per heavy atom. The molecule has 4 heterocycles. The number of benzene rings is 3. The first-order chi connectivity index (χ1) is 27.8. The summed E-state index contributed by atoms with van der Waals surface area (Å²) in [5.74, 6) is -1.27. The van der Waals surface area contributed by atoms with Crippen molar-refractivity contribution in [1.29, 1.82) is 0 Å². The van der Waals surface area contributed by atoms with Crippen molar-refractivity contribution in [3.63, 3.8) is 0 Å². The lowest BCUT2D eigenvalue weighted by molar-refractivity contribution is -0.137. The SMILES string of the molecule is CCC(=O)N1Cc2ccccc2-c2c(nnn2CCOCCOCCOCCNC(=O)CNc2cccc3c2CN([C@@H]2CCC(=O)NC2=O)C3=O)-c2ccccc21. The van der Waals surface area contributed by atoms with Gasteiger partial charge in [0, 0.05) is 53.9 Å². The predicted octanol–water partition coefficient (Wildman–Crippen LogP) is 2.91. The van der Waals surface area contributed by atoms with Gasteiger partial charge in [0.25, 0.3) is 5.91 Å². The van der Waals surface area contributed by atoms with Gasteiger partial charge in [-0.1, -0.05) is 60.7 Å². The maximum absolute atomic E-state index is 13.0. The molecule has 0 unspecified atom stereocenters. The van der Waals surface area contributed by atoms with Crippen LogP contribution in [-0.2, 0) is 53.0 Å². The average molecular weight is 779 g/mol. The smallest absolute Gasteiger partial charge is 0.255 e. The number of aromatic nitrogens is 3. The highest BCUT2D eigenvalue weighted by Crippen LogP contribution is 2.41. The minimum absolute atomic E-state index is 0.00719. The monoisotopic (exact) mass is 778 g/mol. The Morgan fingerprint density at radius 2 is 1.56 bits per heavy atom. The zero-order chi connectivity index (χ0) is 39.7. The summed E-state index contributed by atoms with van der Waals surface area (Å²) in [5, 5.41) is 17.3. The van der Waals surface area contributed by atoms with E-state index in [1.807, 2.05) is 65.0 Å². The van der Waals surface area contributed by atoms with E-state index in [4.69, 9.17) is 14.2 Å². The van der Waals surface area contributed by atoms with Crippen molar-refractivity contribution in [3.05, 3.63) is 83.4 Å². The lowest BCUT2D eigenvalue weighted by Crippen LogP contribution is -2.52. The molecule has 16 heteroatoms. The molecule has 3 aromatic carbocycles. The maximum Gasteiger partial charge on any atom is 0.255 e. The van der Waals surface area contributed by atoms with Crippen molar-refractivity contribution in [2.45, 2.75) is 51.9 Å². The van der Waals surface area contributed by atoms with Crippen molar-refractivity contribution in [2.24, 2.45) is 0 Å². The van der Waals surface area contributed by atoms with Gasteiger partial charge in [0.15, 0.2) is 0 Å². The highest BCUT2D eigenvalue weighted by atomic mass is 16.5. The van der Waals surface area contributed by atoms with Crippen LogP contribution in [0.4, 0.5) is 11.4 Å². The fraction of sp³-hybridized carbons (Fsp3) is 0.390. The number of nitrogens with one attached hydrogen (secondary N) is 3. The van der Waals surface area contributed by atoms with E-state index in [1.165, 1.54) is 4.90 Å². The summed E-state index contributed by atoms with van der Waals surface area (Å²) >= 11 is 0. The summed E-state index contributed by atoms with van der Waals surface area (Å²) in [7, 11) is 0. The number of ether oxygens (including phenoxy) is 3. The van der Waals surface area contributed by atoms with E-state index in [-0.39, 0.29) is 49.6 Å². The van der Waals surface area contributed by atoms with Crippen LogP contribution in [-0.4, -0.2) is 108 Å². The van der Waals surface area contributed by atoms with E-state index in [9.17, 15) is 24.0 Å². The largest absolute Gasteiger partial charge is 0.377 e. The van der Waals surface area contributed by atoms with Gasteiger partial charge in [0.2, 0.25) is 23.6 Å². The second-order valence-electron chi connectivity index (χ2n) is 13.8. The summed E-state index contributed by atoms with van der Waals surface area (Å²) in [5.41, 5.74) is 7.12. The minimum Gasteiger partial charge on any atom is -0.377 e. The number of piperidine rings is 1. The Bertz CT molecular complexity index is 2140. The molecule has 3 aliphatic heterocycles. The van der Waals surface area contributed by atoms with Gasteiger partial charge in [-0.2, -0.15) is 0 Å². The van der Waals surface area contributed by atoms with Crippen LogP contribution in [0.5, 0.6) is 0 Å². The van der Waals surface area contributed by atoms with Crippen LogP contribution in [0.15, 0.2) is 66.7 Å². The number of carbonyl (C=O) groups excluding carboxylic acids is 5. The fourth-order valence-electron chi connectivity index (χ4n) is 7.33. The number of rotatable bonds is 17. The number of nitrogens with zero attached hydrogens (tertiary/aromatic N) is 5. The van der Waals surface area contributed by atoms with Crippen molar-refractivity contribution in [1.82, 2.24) is 30.5 Å². The van der Waals surface area contributed by atoms with Crippen molar-refractivity contribution in [3.8, 4) is 22.5 Å². The molecule has 3 N–H and O–H groups in total. The molecule has 0 bridgehead atoms. The molecular weight excluding hydrogens is 732 g/mol. The predicted molar refractivity (Wildman–Crippen MR) is 209 cm³/mol. The highest BCUT2D eigenvalue weighted by molar-refractivity contribution is 6.06. The molecule has 16 nitrogen and oxygen atoms in total. The molecule has 7 rings (SSSR count). The van der Waals surface area contributed by atoms with Gasteiger partial charge in [-0.15, -0.1) is 5.10 Å². The van der Waals surface area contributed by atoms with Gasteiger partial charge < -0.3 is 34.6 Å². The molecule has 1 fully saturated rings. The third-order valence-corrected chi connectivity index (χ3v) is 10.2. The lowest BCUT2D eigenvalue weighted by atomic mass is 9.95. The van der Waals surface area contributed by atoms with Crippen molar-refractivity contribution in [2.75, 3.05) is 62.9 Å². The van der Waals surface area contributed by atoms with Crippen molar-refractivity contribution < 1.29 is 38.2 Å². The van der Waals surface area contributed by atoms with Gasteiger partial charge in [0.1, 0.15) is 11.7 Å². The summed E-state index contributed by atoms with van der Waals surface area (Å²) < 4.78 is 19.0. The summed E-state index contributed by atoms with van der Waals surface area (Å²) in [6, 6.07) is 20.4. The van der Waals surface area contributed by atoms with Crippen LogP contribution in [0, 0.1) is 0 Å². The van der Waals surface area contributed by atoms with E-state index in [1.54, 1.807) is 18.2 Å². The first kappa shape index (κ1) is 39.3. The summed E-state index contributed by atoms with van der Waals surface area (Å²) in [6.07, 6.45) is 0.858. The van der Waals surface area contributed by atoms with Gasteiger partial charge in [-0.25, -0.2) is 4.68 Å². The number of amides is 5. The molecule has 0 saturated carbocycles. The molecule has 1 aromatic heterocycles. The third-order valence-electron chi connectivity index (χ3n) is 10.2. The van der Waals surface area contributed by atoms with Gasteiger partial charge in [-0.05, 0) is 30.2 Å². The Morgan fingerprint density at radius 3 is 2.35 bits per heavy atom. The van der Waals surface area contributed by atoms with E-state index in [0.29, 0.717) is 82.5 Å². The molecule has 0 spiro atoms. The molecule has 5 amide bonds. The summed E-state index contributed by atoms with van der Waals surface area (Å²) in [4.78, 5) is 65.8. The second-order valence-corrected chi connectivity index (χ2v) is 13.8. The summed E-state index contributed by atoms with van der Waals surface area (Å²) in [6.45, 7) is 5.55. The Labute approximate surface area is 329 Å². The zero-order valence-electron chi connectivity index (χ0n) is 31.8. The number of imide groups is 1. The third kappa shape index (κ3) is 8.88. The first-order valence-electron chi connectivity index (χ1n) is 19.3. The van der Waals surface area contributed by atoms with E-state index in [0.717, 1.165) is 33.8 Å². The number of para-hydroxylation sites is 1. The van der Waals surface area contributed by atoms with E-state index < -0.39 is 11.9 Å². The van der Waals surface area contributed by atoms with E-state index >= 15 is 0 Å². The maximum atomic E-state index is 13.0. The second kappa shape index (κ2) is 18.3. The molecular formula is C41H46N8O8. The van der Waals surface area contributed by atoms with Crippen LogP contribution < -0.4 is 20.9 Å². The molecule has 4 aromatic rings. The number of anilines is 2. The number of carbonyl (C=O) groups is 5. The average Bonchev–Trinajstić information content (AvgIpc) is 3.79. The van der Waals surface area contributed by atoms with Gasteiger partial charge in [-0.3, -0.25) is 29.3 Å². The minimum atomic E-state index is -0.706. The van der Waals surface area contributed by atoms with Gasteiger partial charge >= 0.3 is 0 Å². The molecule has 1 atom stereocenters. The molecule has 0 radical (unpaired) electrons. The quantitative estimate of drug-likeness (QED) is 0.106. The van der Waals surface area contributed by atoms with Gasteiger partial charge in [0.05, 0.1) is 70.7 Å². The molecule has 3 aliphatic rings. The van der Waals surface area contributed by atoms with Crippen LogP contribution in [0.1, 0.15) is 47.7 Å². The number of hydrogen-bond donors (Lipinski definition) is 3. The standard InChI is InChI=1S/C41H46N8O8/c1-2-37(52)47-25-27-8-3-4-9-28(27)39-38(30-10-5-6-13-33(30)47)45-46-49(39)17-19-56-21-23-57-22-20-55-18-16-42-36(51)24-43-32-12-7-11-29-31(32)26-48(41(29)54)34-14-15-35(50)44-40(34)53/h3-13,34,43H,2,14-26H2,1H3,(H,42,51)(H,44,50,53)/t34-/m1/s1. The highest BCUT2D eigenvalue weighted by Gasteiger charge is 2.40. The zero-order valence-corrected chi connectivity index (χ0v) is 31.8.